The number of nitrogens with zero attached hydrogens (tertiary/aromatic N) is 2. The second kappa shape index (κ2) is 5.63. The maximum atomic E-state index is 5.79. The number of rotatable bonds is 4. The second-order valence-corrected chi connectivity index (χ2v) is 6.23. The number of anilines is 1. The van der Waals surface area contributed by atoms with Crippen LogP contribution in [0, 0.1) is 0 Å². The molecular formula is C17H21N3O2. The number of nitrogens with one attached hydrogen (secondary N) is 1. The Labute approximate surface area is 130 Å². The molecule has 0 spiro atoms. The Morgan fingerprint density at radius 2 is 2.09 bits per heavy atom. The number of aromatic nitrogens is 2. The maximum Gasteiger partial charge on any atom is 0.315 e. The first-order valence-corrected chi connectivity index (χ1v) is 8.10. The number of ether oxygens (including phenoxy) is 1. The molecule has 22 heavy (non-hydrogen) atoms. The van der Waals surface area contributed by atoms with Crippen LogP contribution in [0.15, 0.2) is 22.6 Å². The van der Waals surface area contributed by atoms with Gasteiger partial charge in [0.1, 0.15) is 5.75 Å². The molecule has 1 heterocycles. The first-order chi connectivity index (χ1) is 10.8. The van der Waals surface area contributed by atoms with E-state index >= 15 is 0 Å². The van der Waals surface area contributed by atoms with Crippen molar-refractivity contribution >= 4 is 6.01 Å². The lowest BCUT2D eigenvalue weighted by Crippen LogP contribution is -2.17. The molecule has 2 aliphatic carbocycles. The van der Waals surface area contributed by atoms with Crippen molar-refractivity contribution in [2.45, 2.75) is 50.5 Å². The highest BCUT2D eigenvalue weighted by molar-refractivity contribution is 5.42. The molecule has 0 unspecified atom stereocenters. The molecule has 4 rings (SSSR count). The monoisotopic (exact) mass is 299 g/mol. The Morgan fingerprint density at radius 3 is 2.86 bits per heavy atom. The van der Waals surface area contributed by atoms with Gasteiger partial charge in [0.15, 0.2) is 0 Å². The highest BCUT2D eigenvalue weighted by Crippen LogP contribution is 2.37. The van der Waals surface area contributed by atoms with Crippen LogP contribution in [0.4, 0.5) is 6.01 Å². The number of fused-ring (bicyclic) bond motifs is 1. The summed E-state index contributed by atoms with van der Waals surface area (Å²) < 4.78 is 11.1. The summed E-state index contributed by atoms with van der Waals surface area (Å²) in [5.74, 6) is 2.19. The van der Waals surface area contributed by atoms with Crippen molar-refractivity contribution in [3.05, 3.63) is 35.2 Å². The second-order valence-electron chi connectivity index (χ2n) is 6.23. The van der Waals surface area contributed by atoms with Crippen LogP contribution in [0.1, 0.15) is 61.1 Å². The molecule has 0 aliphatic heterocycles. The van der Waals surface area contributed by atoms with Crippen molar-refractivity contribution in [2.24, 2.45) is 0 Å². The van der Waals surface area contributed by atoms with Crippen LogP contribution >= 0.6 is 0 Å². The van der Waals surface area contributed by atoms with E-state index in [9.17, 15) is 0 Å². The number of hydrogen-bond donors (Lipinski definition) is 1. The zero-order chi connectivity index (χ0) is 14.9. The van der Waals surface area contributed by atoms with E-state index in [1.54, 1.807) is 7.11 Å². The summed E-state index contributed by atoms with van der Waals surface area (Å²) in [6.45, 7) is 0. The van der Waals surface area contributed by atoms with E-state index in [1.165, 1.54) is 30.4 Å². The molecule has 5 nitrogen and oxygen atoms in total. The van der Waals surface area contributed by atoms with Gasteiger partial charge in [-0.2, -0.15) is 0 Å². The van der Waals surface area contributed by atoms with Gasteiger partial charge in [-0.1, -0.05) is 17.6 Å². The number of aryl methyl sites for hydroxylation is 1. The summed E-state index contributed by atoms with van der Waals surface area (Å²) in [7, 11) is 1.71. The van der Waals surface area contributed by atoms with Gasteiger partial charge in [0.2, 0.25) is 5.89 Å². The van der Waals surface area contributed by atoms with Gasteiger partial charge >= 0.3 is 6.01 Å². The average Bonchev–Trinajstić information content (AvgIpc) is 2.93. The first-order valence-electron chi connectivity index (χ1n) is 8.10. The molecule has 1 N–H and O–H groups in total. The van der Waals surface area contributed by atoms with Crippen LogP contribution in [0.5, 0.6) is 5.75 Å². The van der Waals surface area contributed by atoms with E-state index in [2.05, 4.69) is 27.6 Å². The van der Waals surface area contributed by atoms with Gasteiger partial charge in [0.25, 0.3) is 0 Å². The van der Waals surface area contributed by atoms with E-state index in [0.29, 0.717) is 11.9 Å². The molecule has 2 aromatic rings. The molecule has 1 aromatic carbocycles. The maximum absolute atomic E-state index is 5.79. The summed E-state index contributed by atoms with van der Waals surface area (Å²) in [6, 6.07) is 7.09. The largest absolute Gasteiger partial charge is 0.497 e. The zero-order valence-electron chi connectivity index (χ0n) is 12.8. The molecular weight excluding hydrogens is 278 g/mol. The summed E-state index contributed by atoms with van der Waals surface area (Å²) in [5.41, 5.74) is 2.66. The molecule has 116 valence electrons. The van der Waals surface area contributed by atoms with Crippen LogP contribution in [0.25, 0.3) is 0 Å². The summed E-state index contributed by atoms with van der Waals surface area (Å²) >= 11 is 0. The summed E-state index contributed by atoms with van der Waals surface area (Å²) in [5, 5.41) is 11.8. The topological polar surface area (TPSA) is 60.2 Å². The quantitative estimate of drug-likeness (QED) is 0.929. The summed E-state index contributed by atoms with van der Waals surface area (Å²) in [4.78, 5) is 0. The lowest BCUT2D eigenvalue weighted by Gasteiger charge is -2.26. The molecule has 1 atom stereocenters. The molecule has 0 saturated heterocycles. The zero-order valence-corrected chi connectivity index (χ0v) is 12.8. The molecule has 2 aliphatic rings. The van der Waals surface area contributed by atoms with Crippen molar-refractivity contribution in [1.82, 2.24) is 10.2 Å². The van der Waals surface area contributed by atoms with Crippen LogP contribution in [-0.2, 0) is 6.42 Å². The molecule has 1 saturated carbocycles. The predicted octanol–water partition coefficient (Wildman–Crippen LogP) is 3.84. The van der Waals surface area contributed by atoms with Gasteiger partial charge in [0.05, 0.1) is 13.2 Å². The van der Waals surface area contributed by atoms with E-state index in [4.69, 9.17) is 9.15 Å². The van der Waals surface area contributed by atoms with E-state index < -0.39 is 0 Å². The molecule has 0 bridgehead atoms. The number of benzene rings is 1. The molecule has 5 heteroatoms. The Kier molecular flexibility index (Phi) is 3.48. The van der Waals surface area contributed by atoms with Gasteiger partial charge in [-0.25, -0.2) is 0 Å². The van der Waals surface area contributed by atoms with Crippen LogP contribution < -0.4 is 10.1 Å². The minimum atomic E-state index is 0.240. The Hall–Kier alpha value is -2.04. The highest BCUT2D eigenvalue weighted by Gasteiger charge is 2.27. The minimum absolute atomic E-state index is 0.240. The van der Waals surface area contributed by atoms with Crippen LogP contribution in [-0.4, -0.2) is 17.3 Å². The van der Waals surface area contributed by atoms with Gasteiger partial charge < -0.3 is 14.5 Å². The van der Waals surface area contributed by atoms with Crippen molar-refractivity contribution in [3.8, 4) is 5.75 Å². The molecule has 1 aromatic heterocycles. The lowest BCUT2D eigenvalue weighted by molar-refractivity contribution is 0.337. The standard InChI is InChI=1S/C17H21N3O2/c1-21-13-8-9-14-12(10-13)6-3-7-15(14)18-17-20-19-16(22-17)11-4-2-5-11/h8-11,15H,2-7H2,1H3,(H,18,20)/t15-/m0/s1. The third-order valence-electron chi connectivity index (χ3n) is 4.86. The predicted molar refractivity (Wildman–Crippen MR) is 83.2 cm³/mol. The molecule has 1 fully saturated rings. The SMILES string of the molecule is COc1ccc2c(c1)CCC[C@@H]2Nc1nnc(C2CCC2)o1. The fourth-order valence-corrected chi connectivity index (χ4v) is 3.33. The third-order valence-corrected chi connectivity index (χ3v) is 4.86. The van der Waals surface area contributed by atoms with Crippen LogP contribution in [0.3, 0.4) is 0 Å². The van der Waals surface area contributed by atoms with Gasteiger partial charge in [-0.05, 0) is 55.4 Å². The van der Waals surface area contributed by atoms with Gasteiger partial charge in [-0.3, -0.25) is 0 Å². The van der Waals surface area contributed by atoms with E-state index in [-0.39, 0.29) is 6.04 Å². The fraction of sp³-hybridized carbons (Fsp3) is 0.529. The molecule has 0 amide bonds. The van der Waals surface area contributed by atoms with E-state index in [1.807, 2.05) is 6.07 Å². The Balaban J connectivity index is 1.53. The van der Waals surface area contributed by atoms with Crippen molar-refractivity contribution in [2.75, 3.05) is 12.4 Å². The number of hydrogen-bond acceptors (Lipinski definition) is 5. The smallest absolute Gasteiger partial charge is 0.315 e. The van der Waals surface area contributed by atoms with E-state index in [0.717, 1.165) is 30.9 Å². The van der Waals surface area contributed by atoms with Crippen molar-refractivity contribution < 1.29 is 9.15 Å². The normalized spacial score (nSPS) is 21.0. The highest BCUT2D eigenvalue weighted by atomic mass is 16.5. The lowest BCUT2D eigenvalue weighted by atomic mass is 9.85. The van der Waals surface area contributed by atoms with Gasteiger partial charge in [-0.15, -0.1) is 5.10 Å². The summed E-state index contributed by atoms with van der Waals surface area (Å²) in [6.07, 6.45) is 6.96. The first kappa shape index (κ1) is 13.6. The average molecular weight is 299 g/mol. The molecule has 0 radical (unpaired) electrons. The van der Waals surface area contributed by atoms with Gasteiger partial charge in [0, 0.05) is 5.92 Å². The Bertz CT molecular complexity index is 664. The van der Waals surface area contributed by atoms with Crippen molar-refractivity contribution in [3.63, 3.8) is 0 Å². The Morgan fingerprint density at radius 1 is 1.18 bits per heavy atom. The minimum Gasteiger partial charge on any atom is -0.497 e. The van der Waals surface area contributed by atoms with Crippen LogP contribution in [0.2, 0.25) is 0 Å². The number of methoxy groups -OCH3 is 1. The fourth-order valence-electron chi connectivity index (χ4n) is 3.33. The third kappa shape index (κ3) is 2.45. The van der Waals surface area contributed by atoms with Crippen molar-refractivity contribution in [1.29, 1.82) is 0 Å².